The Morgan fingerprint density at radius 1 is 0.973 bits per heavy atom. The number of anilines is 1. The third-order valence-electron chi connectivity index (χ3n) is 6.40. The van der Waals surface area contributed by atoms with Gasteiger partial charge in [0.15, 0.2) is 0 Å². The minimum atomic E-state index is -4.16. The molecule has 0 saturated carbocycles. The van der Waals surface area contributed by atoms with Gasteiger partial charge in [-0.05, 0) is 67.8 Å². The average Bonchev–Trinajstić information content (AvgIpc) is 3.42. The summed E-state index contributed by atoms with van der Waals surface area (Å²) in [7, 11) is -7.92. The van der Waals surface area contributed by atoms with Crippen LogP contribution in [0.15, 0.2) is 87.2 Å². The van der Waals surface area contributed by atoms with E-state index in [2.05, 4.69) is 5.32 Å². The van der Waals surface area contributed by atoms with Crippen LogP contribution >= 0.6 is 0 Å². The Bertz CT molecular complexity index is 1390. The second-order valence-corrected chi connectivity index (χ2v) is 12.7. The number of benzene rings is 2. The number of hydrogen-bond acceptors (Lipinski definition) is 6. The third kappa shape index (κ3) is 6.30. The maximum Gasteiger partial charge on any atom is 0.243 e. The number of nitrogens with zero attached hydrogens (tertiary/aromatic N) is 2. The average molecular weight is 546 g/mol. The van der Waals surface area contributed by atoms with Gasteiger partial charge in [-0.2, -0.15) is 8.61 Å². The molecular weight excluding hydrogens is 514 g/mol. The van der Waals surface area contributed by atoms with Crippen molar-refractivity contribution in [2.45, 2.75) is 55.0 Å². The number of hydrogen-bond donors (Lipinski definition) is 1. The topological polar surface area (TPSA) is 117 Å². The molecule has 2 aromatic carbocycles. The number of rotatable bonds is 10. The van der Waals surface area contributed by atoms with E-state index in [4.69, 9.17) is 4.42 Å². The first-order chi connectivity index (χ1) is 17.7. The monoisotopic (exact) mass is 545 g/mol. The van der Waals surface area contributed by atoms with E-state index in [1.807, 2.05) is 6.92 Å². The van der Waals surface area contributed by atoms with Gasteiger partial charge in [-0.25, -0.2) is 16.8 Å². The van der Waals surface area contributed by atoms with Gasteiger partial charge in [-0.1, -0.05) is 31.5 Å². The van der Waals surface area contributed by atoms with Gasteiger partial charge in [0.25, 0.3) is 0 Å². The summed E-state index contributed by atoms with van der Waals surface area (Å²) in [5, 5.41) is 2.69. The summed E-state index contributed by atoms with van der Waals surface area (Å²) >= 11 is 0. The Kier molecular flexibility index (Phi) is 8.48. The van der Waals surface area contributed by atoms with Crippen LogP contribution in [0.2, 0.25) is 0 Å². The van der Waals surface area contributed by atoms with Crippen LogP contribution in [-0.4, -0.2) is 50.5 Å². The van der Waals surface area contributed by atoms with Crippen LogP contribution in [-0.2, 0) is 31.4 Å². The van der Waals surface area contributed by atoms with Crippen molar-refractivity contribution in [2.75, 3.05) is 18.4 Å². The summed E-state index contributed by atoms with van der Waals surface area (Å²) in [6.45, 7) is 1.80. The molecule has 0 bridgehead atoms. The first-order valence-electron chi connectivity index (χ1n) is 12.2. The summed E-state index contributed by atoms with van der Waals surface area (Å²) in [5.41, 5.74) is 0.542. The van der Waals surface area contributed by atoms with Crippen LogP contribution in [0, 0.1) is 0 Å². The fraction of sp³-hybridized carbons (Fsp3) is 0.346. The molecule has 1 aromatic heterocycles. The molecule has 2 heterocycles. The van der Waals surface area contributed by atoms with Gasteiger partial charge < -0.3 is 9.73 Å². The third-order valence-corrected chi connectivity index (χ3v) is 10.2. The van der Waals surface area contributed by atoms with Gasteiger partial charge in [0.05, 0.1) is 29.1 Å². The van der Waals surface area contributed by atoms with Crippen molar-refractivity contribution in [3.63, 3.8) is 0 Å². The molecule has 1 atom stereocenters. The molecule has 37 heavy (non-hydrogen) atoms. The smallest absolute Gasteiger partial charge is 0.243 e. The lowest BCUT2D eigenvalue weighted by atomic mass is 10.0. The van der Waals surface area contributed by atoms with E-state index in [0.717, 1.165) is 30.0 Å². The highest BCUT2D eigenvalue weighted by molar-refractivity contribution is 7.89. The Morgan fingerprint density at radius 3 is 2.32 bits per heavy atom. The van der Waals surface area contributed by atoms with E-state index < -0.39 is 32.5 Å². The van der Waals surface area contributed by atoms with Crippen LogP contribution in [0.5, 0.6) is 0 Å². The maximum atomic E-state index is 13.6. The second kappa shape index (κ2) is 11.6. The Morgan fingerprint density at radius 2 is 1.68 bits per heavy atom. The number of nitrogens with one attached hydrogen (secondary N) is 1. The molecule has 0 spiro atoms. The lowest BCUT2D eigenvalue weighted by Gasteiger charge is -2.34. The number of furan rings is 1. The van der Waals surface area contributed by atoms with Crippen LogP contribution in [0.3, 0.4) is 0 Å². The van der Waals surface area contributed by atoms with Crippen LogP contribution in [0.1, 0.15) is 38.4 Å². The predicted molar refractivity (Wildman–Crippen MR) is 140 cm³/mol. The molecule has 3 aromatic rings. The summed E-state index contributed by atoms with van der Waals surface area (Å²) < 4.78 is 61.5. The highest BCUT2D eigenvalue weighted by atomic mass is 32.2. The van der Waals surface area contributed by atoms with Crippen molar-refractivity contribution >= 4 is 31.6 Å². The van der Waals surface area contributed by atoms with Gasteiger partial charge in [0.1, 0.15) is 5.76 Å². The molecule has 0 radical (unpaired) electrons. The summed E-state index contributed by atoms with van der Waals surface area (Å²) in [6.07, 6.45) is 4.75. The quantitative estimate of drug-likeness (QED) is 0.411. The molecule has 0 unspecified atom stereocenters. The fourth-order valence-electron chi connectivity index (χ4n) is 4.45. The molecule has 11 heteroatoms. The number of piperidine rings is 1. The maximum absolute atomic E-state index is 13.6. The van der Waals surface area contributed by atoms with Crippen molar-refractivity contribution < 1.29 is 26.0 Å². The normalized spacial score (nSPS) is 17.1. The standard InChI is InChI=1S/C26H31N3O6S2/c1-2-22-11-6-7-17-29(22)37(33,34)25-15-13-24(14-16-25)36(31,32)28(19-23-12-8-18-35-23)20-26(30)27-21-9-4-3-5-10-21/h3-5,8-10,12-16,18,22H,2,6-7,11,17,19-20H2,1H3,(H,27,30)/t22-/m0/s1. The van der Waals surface area contributed by atoms with E-state index in [1.54, 1.807) is 42.5 Å². The minimum absolute atomic E-state index is 0.0474. The van der Waals surface area contributed by atoms with Crippen molar-refractivity contribution in [1.29, 1.82) is 0 Å². The van der Waals surface area contributed by atoms with Crippen LogP contribution in [0.4, 0.5) is 5.69 Å². The number of amides is 1. The second-order valence-electron chi connectivity index (χ2n) is 8.91. The molecule has 1 fully saturated rings. The van der Waals surface area contributed by atoms with Gasteiger partial charge in [0.2, 0.25) is 26.0 Å². The Hall–Kier alpha value is -2.99. The summed E-state index contributed by atoms with van der Waals surface area (Å²) in [4.78, 5) is 12.6. The molecule has 198 valence electrons. The summed E-state index contributed by atoms with van der Waals surface area (Å²) in [6, 6.07) is 17.1. The molecule has 0 aliphatic carbocycles. The molecule has 4 rings (SSSR count). The minimum Gasteiger partial charge on any atom is -0.468 e. The lowest BCUT2D eigenvalue weighted by molar-refractivity contribution is -0.116. The van der Waals surface area contributed by atoms with E-state index in [9.17, 15) is 21.6 Å². The van der Waals surface area contributed by atoms with E-state index in [1.165, 1.54) is 34.8 Å². The molecule has 1 saturated heterocycles. The molecule has 9 nitrogen and oxygen atoms in total. The molecule has 1 N–H and O–H groups in total. The van der Waals surface area contributed by atoms with E-state index in [0.29, 0.717) is 18.0 Å². The lowest BCUT2D eigenvalue weighted by Crippen LogP contribution is -2.43. The van der Waals surface area contributed by atoms with Crippen molar-refractivity contribution in [3.8, 4) is 0 Å². The fourth-order valence-corrected chi connectivity index (χ4v) is 7.58. The Balaban J connectivity index is 1.58. The predicted octanol–water partition coefficient (Wildman–Crippen LogP) is 4.06. The highest BCUT2D eigenvalue weighted by Gasteiger charge is 2.33. The first kappa shape index (κ1) is 27.1. The molecule has 1 aliphatic heterocycles. The van der Waals surface area contributed by atoms with E-state index >= 15 is 0 Å². The molecular formula is C26H31N3O6S2. The number of para-hydroxylation sites is 1. The largest absolute Gasteiger partial charge is 0.468 e. The van der Waals surface area contributed by atoms with Gasteiger partial charge in [-0.3, -0.25) is 4.79 Å². The highest BCUT2D eigenvalue weighted by Crippen LogP contribution is 2.28. The SMILES string of the molecule is CC[C@H]1CCCCN1S(=O)(=O)c1ccc(S(=O)(=O)N(CC(=O)Nc2ccccc2)Cc2ccco2)cc1. The number of carbonyl (C=O) groups is 1. The zero-order valence-corrected chi connectivity index (χ0v) is 22.2. The first-order valence-corrected chi connectivity index (χ1v) is 15.1. The van der Waals surface area contributed by atoms with E-state index in [-0.39, 0.29) is 22.4 Å². The van der Waals surface area contributed by atoms with Gasteiger partial charge >= 0.3 is 0 Å². The van der Waals surface area contributed by atoms with Gasteiger partial charge in [0, 0.05) is 18.3 Å². The Labute approximate surface area is 218 Å². The van der Waals surface area contributed by atoms with Gasteiger partial charge in [-0.15, -0.1) is 0 Å². The summed E-state index contributed by atoms with van der Waals surface area (Å²) in [5.74, 6) is -0.151. The van der Waals surface area contributed by atoms with Crippen molar-refractivity contribution in [3.05, 3.63) is 78.8 Å². The number of carbonyl (C=O) groups excluding carboxylic acids is 1. The van der Waals surface area contributed by atoms with Crippen molar-refractivity contribution in [1.82, 2.24) is 8.61 Å². The van der Waals surface area contributed by atoms with Crippen molar-refractivity contribution in [2.24, 2.45) is 0 Å². The molecule has 1 amide bonds. The molecule has 1 aliphatic rings. The zero-order chi connectivity index (χ0) is 26.5. The van der Waals surface area contributed by atoms with Crippen LogP contribution in [0.25, 0.3) is 0 Å². The number of sulfonamides is 2. The van der Waals surface area contributed by atoms with Crippen LogP contribution < -0.4 is 5.32 Å². The zero-order valence-electron chi connectivity index (χ0n) is 20.6.